The van der Waals surface area contributed by atoms with Crippen LogP contribution in [0.15, 0.2) is 22.7 Å². The number of nitrogens with zero attached hydrogens (tertiary/aromatic N) is 2. The quantitative estimate of drug-likeness (QED) is 0.778. The number of aromatic nitrogens is 2. The Balaban J connectivity index is 1.89. The molecule has 3 N–H and O–H groups in total. The number of hydrogen-bond donors (Lipinski definition) is 2. The molecule has 0 unspecified atom stereocenters. The zero-order valence-corrected chi connectivity index (χ0v) is 12.0. The molecule has 0 aliphatic rings. The molecule has 112 valence electrons. The minimum Gasteiger partial charge on any atom is -0.492 e. The molecule has 0 spiro atoms. The first-order valence-corrected chi connectivity index (χ1v) is 6.70. The number of amides is 1. The Bertz CT molecular complexity index is 624. The highest BCUT2D eigenvalue weighted by molar-refractivity contribution is 5.95. The average Bonchev–Trinajstić information content (AvgIpc) is 2.87. The van der Waals surface area contributed by atoms with Gasteiger partial charge in [0.05, 0.1) is 12.3 Å². The number of hydrogen-bond acceptors (Lipinski definition) is 6. The van der Waals surface area contributed by atoms with Crippen LogP contribution in [0.5, 0.6) is 5.75 Å². The van der Waals surface area contributed by atoms with Crippen molar-refractivity contribution in [3.05, 3.63) is 35.5 Å². The Morgan fingerprint density at radius 2 is 2.29 bits per heavy atom. The van der Waals surface area contributed by atoms with Crippen LogP contribution in [-0.4, -0.2) is 29.2 Å². The Labute approximate surface area is 122 Å². The van der Waals surface area contributed by atoms with E-state index in [4.69, 9.17) is 15.0 Å². The highest BCUT2D eigenvalue weighted by Gasteiger charge is 2.09. The Kier molecular flexibility index (Phi) is 4.76. The molecule has 1 amide bonds. The monoisotopic (exact) mass is 290 g/mol. The third kappa shape index (κ3) is 3.95. The molecular formula is C14H18N4O3. The smallest absolute Gasteiger partial charge is 0.251 e. The summed E-state index contributed by atoms with van der Waals surface area (Å²) >= 11 is 0. The number of nitrogens with two attached hydrogens (primary N) is 1. The summed E-state index contributed by atoms with van der Waals surface area (Å²) in [6.07, 6.45) is 0.485. The van der Waals surface area contributed by atoms with Crippen molar-refractivity contribution in [3.63, 3.8) is 0 Å². The van der Waals surface area contributed by atoms with E-state index >= 15 is 0 Å². The molecule has 0 aliphatic carbocycles. The van der Waals surface area contributed by atoms with Gasteiger partial charge < -0.3 is 20.3 Å². The molecule has 0 radical (unpaired) electrons. The summed E-state index contributed by atoms with van der Waals surface area (Å²) in [6, 6.07) is 4.96. The Morgan fingerprint density at radius 3 is 2.90 bits per heavy atom. The summed E-state index contributed by atoms with van der Waals surface area (Å²) in [7, 11) is 0. The van der Waals surface area contributed by atoms with Crippen molar-refractivity contribution in [3.8, 4) is 5.75 Å². The number of aryl methyl sites for hydroxylation is 1. The van der Waals surface area contributed by atoms with E-state index in [-0.39, 0.29) is 5.91 Å². The van der Waals surface area contributed by atoms with Crippen molar-refractivity contribution >= 4 is 11.6 Å². The summed E-state index contributed by atoms with van der Waals surface area (Å²) in [4.78, 5) is 16.0. The number of rotatable bonds is 6. The predicted octanol–water partition coefficient (Wildman–Crippen LogP) is 1.33. The normalized spacial score (nSPS) is 10.4. The van der Waals surface area contributed by atoms with Crippen LogP contribution in [-0.2, 0) is 6.42 Å². The summed E-state index contributed by atoms with van der Waals surface area (Å²) in [5, 5.41) is 6.45. The minimum absolute atomic E-state index is 0.207. The lowest BCUT2D eigenvalue weighted by Crippen LogP contribution is -2.25. The minimum atomic E-state index is -0.207. The zero-order chi connectivity index (χ0) is 15.2. The van der Waals surface area contributed by atoms with E-state index in [0.29, 0.717) is 48.3 Å². The maximum atomic E-state index is 12.0. The number of nitrogens with one attached hydrogen (secondary N) is 1. The number of ether oxygens (including phenoxy) is 1. The van der Waals surface area contributed by atoms with Crippen LogP contribution in [0, 0.1) is 6.92 Å². The van der Waals surface area contributed by atoms with Gasteiger partial charge in [-0.3, -0.25) is 4.79 Å². The fourth-order valence-electron chi connectivity index (χ4n) is 1.80. The van der Waals surface area contributed by atoms with E-state index in [9.17, 15) is 4.79 Å². The van der Waals surface area contributed by atoms with Gasteiger partial charge in [-0.25, -0.2) is 0 Å². The second-order valence-electron chi connectivity index (χ2n) is 4.43. The molecule has 0 fully saturated rings. The molecule has 0 saturated carbocycles. The summed E-state index contributed by atoms with van der Waals surface area (Å²) in [6.45, 7) is 4.56. The molecule has 2 rings (SSSR count). The SMILES string of the molecule is CCOc1ccc(C(=O)NCCc2nc(C)no2)cc1N. The van der Waals surface area contributed by atoms with Crippen LogP contribution in [0.4, 0.5) is 5.69 Å². The lowest BCUT2D eigenvalue weighted by Gasteiger charge is -2.09. The third-order valence-corrected chi connectivity index (χ3v) is 2.77. The fraction of sp³-hybridized carbons (Fsp3) is 0.357. The molecule has 0 bridgehead atoms. The maximum absolute atomic E-state index is 12.0. The second-order valence-corrected chi connectivity index (χ2v) is 4.43. The van der Waals surface area contributed by atoms with E-state index in [0.717, 1.165) is 0 Å². The lowest BCUT2D eigenvalue weighted by molar-refractivity contribution is 0.0953. The molecule has 7 nitrogen and oxygen atoms in total. The number of carbonyl (C=O) groups excluding carboxylic acids is 1. The van der Waals surface area contributed by atoms with E-state index in [1.54, 1.807) is 25.1 Å². The molecular weight excluding hydrogens is 272 g/mol. The number of nitrogen functional groups attached to an aromatic ring is 1. The molecule has 0 aliphatic heterocycles. The molecule has 21 heavy (non-hydrogen) atoms. The first-order chi connectivity index (χ1) is 10.1. The van der Waals surface area contributed by atoms with E-state index in [1.807, 2.05) is 6.92 Å². The van der Waals surface area contributed by atoms with Gasteiger partial charge in [-0.15, -0.1) is 0 Å². The summed E-state index contributed by atoms with van der Waals surface area (Å²) < 4.78 is 10.3. The van der Waals surface area contributed by atoms with Gasteiger partial charge in [-0.05, 0) is 32.0 Å². The van der Waals surface area contributed by atoms with Gasteiger partial charge in [0.1, 0.15) is 5.75 Å². The molecule has 0 atom stereocenters. The first-order valence-electron chi connectivity index (χ1n) is 6.70. The number of anilines is 1. The topological polar surface area (TPSA) is 103 Å². The predicted molar refractivity (Wildman–Crippen MR) is 77.1 cm³/mol. The van der Waals surface area contributed by atoms with E-state index in [2.05, 4.69) is 15.5 Å². The molecule has 7 heteroatoms. The van der Waals surface area contributed by atoms with E-state index < -0.39 is 0 Å². The van der Waals surface area contributed by atoms with E-state index in [1.165, 1.54) is 0 Å². The van der Waals surface area contributed by atoms with Gasteiger partial charge in [-0.1, -0.05) is 5.16 Å². The molecule has 2 aromatic rings. The standard InChI is InChI=1S/C14H18N4O3/c1-3-20-12-5-4-10(8-11(12)15)14(19)16-7-6-13-17-9(2)18-21-13/h4-5,8H,3,6-7,15H2,1-2H3,(H,16,19). The van der Waals surface area contributed by atoms with Crippen molar-refractivity contribution < 1.29 is 14.1 Å². The third-order valence-electron chi connectivity index (χ3n) is 2.77. The highest BCUT2D eigenvalue weighted by atomic mass is 16.5. The van der Waals surface area contributed by atoms with Crippen molar-refractivity contribution in [1.29, 1.82) is 0 Å². The van der Waals surface area contributed by atoms with Crippen molar-refractivity contribution in [1.82, 2.24) is 15.5 Å². The highest BCUT2D eigenvalue weighted by Crippen LogP contribution is 2.22. The Hall–Kier alpha value is -2.57. The maximum Gasteiger partial charge on any atom is 0.251 e. The van der Waals surface area contributed by atoms with Gasteiger partial charge in [0.25, 0.3) is 5.91 Å². The van der Waals surface area contributed by atoms with Crippen LogP contribution in [0.25, 0.3) is 0 Å². The van der Waals surface area contributed by atoms with Gasteiger partial charge in [0, 0.05) is 18.5 Å². The van der Waals surface area contributed by atoms with Gasteiger partial charge in [0.15, 0.2) is 5.82 Å². The number of carbonyl (C=O) groups is 1. The van der Waals surface area contributed by atoms with Gasteiger partial charge >= 0.3 is 0 Å². The summed E-state index contributed by atoms with van der Waals surface area (Å²) in [5.74, 6) is 1.45. The van der Waals surface area contributed by atoms with Gasteiger partial charge in [0.2, 0.25) is 5.89 Å². The number of benzene rings is 1. The Morgan fingerprint density at radius 1 is 1.48 bits per heavy atom. The average molecular weight is 290 g/mol. The summed E-state index contributed by atoms with van der Waals surface area (Å²) in [5.41, 5.74) is 6.76. The van der Waals surface area contributed by atoms with Crippen LogP contribution >= 0.6 is 0 Å². The largest absolute Gasteiger partial charge is 0.492 e. The van der Waals surface area contributed by atoms with Crippen LogP contribution in [0.2, 0.25) is 0 Å². The van der Waals surface area contributed by atoms with Crippen molar-refractivity contribution in [2.24, 2.45) is 0 Å². The van der Waals surface area contributed by atoms with Crippen molar-refractivity contribution in [2.45, 2.75) is 20.3 Å². The molecule has 1 aromatic heterocycles. The molecule has 1 heterocycles. The van der Waals surface area contributed by atoms with Gasteiger partial charge in [-0.2, -0.15) is 4.98 Å². The molecule has 1 aromatic carbocycles. The zero-order valence-electron chi connectivity index (χ0n) is 12.0. The molecule has 0 saturated heterocycles. The lowest BCUT2D eigenvalue weighted by atomic mass is 10.1. The fourth-order valence-corrected chi connectivity index (χ4v) is 1.80. The second kappa shape index (κ2) is 6.74. The van der Waals surface area contributed by atoms with Crippen LogP contribution < -0.4 is 15.8 Å². The first kappa shape index (κ1) is 14.8. The van der Waals surface area contributed by atoms with Crippen molar-refractivity contribution in [2.75, 3.05) is 18.9 Å². The van der Waals surface area contributed by atoms with Crippen LogP contribution in [0.1, 0.15) is 29.0 Å². The van der Waals surface area contributed by atoms with Crippen LogP contribution in [0.3, 0.4) is 0 Å².